The Balaban J connectivity index is 1.93. The summed E-state index contributed by atoms with van der Waals surface area (Å²) in [5, 5.41) is 2.92. The van der Waals surface area contributed by atoms with E-state index in [2.05, 4.69) is 17.1 Å². The van der Waals surface area contributed by atoms with Gasteiger partial charge in [-0.25, -0.2) is 0 Å². The normalized spacial score (nSPS) is 15.8. The quantitative estimate of drug-likeness (QED) is 0.812. The molecule has 1 saturated carbocycles. The van der Waals surface area contributed by atoms with E-state index < -0.39 is 0 Å². The summed E-state index contributed by atoms with van der Waals surface area (Å²) in [6, 6.07) is 6.28. The maximum atomic E-state index is 12.2. The number of benzene rings is 1. The van der Waals surface area contributed by atoms with Gasteiger partial charge < -0.3 is 11.1 Å². The first-order valence-electron chi connectivity index (χ1n) is 7.50. The predicted octanol–water partition coefficient (Wildman–Crippen LogP) is 2.78. The summed E-state index contributed by atoms with van der Waals surface area (Å²) in [6.45, 7) is 5.47. The number of rotatable bonds is 5. The van der Waals surface area contributed by atoms with Crippen LogP contribution in [0.5, 0.6) is 0 Å². The van der Waals surface area contributed by atoms with Crippen molar-refractivity contribution in [1.82, 2.24) is 4.90 Å². The van der Waals surface area contributed by atoms with E-state index in [4.69, 9.17) is 5.73 Å². The zero-order valence-corrected chi connectivity index (χ0v) is 12.5. The van der Waals surface area contributed by atoms with Gasteiger partial charge in [-0.15, -0.1) is 0 Å². The van der Waals surface area contributed by atoms with Crippen LogP contribution in [-0.2, 0) is 4.79 Å². The van der Waals surface area contributed by atoms with Gasteiger partial charge in [0.1, 0.15) is 0 Å². The van der Waals surface area contributed by atoms with Crippen molar-refractivity contribution in [2.75, 3.05) is 24.1 Å². The van der Waals surface area contributed by atoms with Crippen molar-refractivity contribution >= 4 is 17.3 Å². The van der Waals surface area contributed by atoms with Crippen LogP contribution in [0, 0.1) is 6.92 Å². The van der Waals surface area contributed by atoms with E-state index >= 15 is 0 Å². The highest BCUT2D eigenvalue weighted by molar-refractivity contribution is 5.95. The molecule has 0 saturated heterocycles. The first-order valence-corrected chi connectivity index (χ1v) is 7.50. The SMILES string of the molecule is CCN(CC(=O)Nc1ccc(C)cc1N)C1CCCC1. The van der Waals surface area contributed by atoms with Crippen LogP contribution in [0.15, 0.2) is 18.2 Å². The molecule has 0 radical (unpaired) electrons. The lowest BCUT2D eigenvalue weighted by atomic mass is 10.2. The number of hydrogen-bond donors (Lipinski definition) is 2. The first-order chi connectivity index (χ1) is 9.60. The molecule has 1 aromatic carbocycles. The van der Waals surface area contributed by atoms with E-state index in [1.165, 1.54) is 25.7 Å². The Morgan fingerprint density at radius 2 is 2.10 bits per heavy atom. The molecule has 0 unspecified atom stereocenters. The first kappa shape index (κ1) is 14.9. The number of carbonyl (C=O) groups is 1. The third-order valence-corrected chi connectivity index (χ3v) is 4.08. The molecule has 0 aliphatic heterocycles. The van der Waals surface area contributed by atoms with Crippen molar-refractivity contribution in [3.05, 3.63) is 23.8 Å². The van der Waals surface area contributed by atoms with Gasteiger partial charge in [0.05, 0.1) is 17.9 Å². The van der Waals surface area contributed by atoms with Crippen molar-refractivity contribution < 1.29 is 4.79 Å². The zero-order valence-electron chi connectivity index (χ0n) is 12.5. The summed E-state index contributed by atoms with van der Waals surface area (Å²) in [7, 11) is 0. The number of anilines is 2. The second-order valence-electron chi connectivity index (χ2n) is 5.64. The van der Waals surface area contributed by atoms with Gasteiger partial charge in [0.25, 0.3) is 0 Å². The Morgan fingerprint density at radius 1 is 1.40 bits per heavy atom. The van der Waals surface area contributed by atoms with Crippen molar-refractivity contribution in [2.45, 2.75) is 45.6 Å². The fourth-order valence-electron chi connectivity index (χ4n) is 2.94. The van der Waals surface area contributed by atoms with Crippen LogP contribution in [0.1, 0.15) is 38.2 Å². The molecule has 0 aromatic heterocycles. The molecule has 4 nitrogen and oxygen atoms in total. The number of hydrogen-bond acceptors (Lipinski definition) is 3. The average Bonchev–Trinajstić information content (AvgIpc) is 2.93. The topological polar surface area (TPSA) is 58.4 Å². The van der Waals surface area contributed by atoms with Crippen LogP contribution in [0.25, 0.3) is 0 Å². The van der Waals surface area contributed by atoms with Crippen LogP contribution in [0.2, 0.25) is 0 Å². The Bertz CT molecular complexity index is 467. The molecule has 1 fully saturated rings. The molecule has 4 heteroatoms. The zero-order chi connectivity index (χ0) is 14.5. The summed E-state index contributed by atoms with van der Waals surface area (Å²) in [5.74, 6) is 0.0225. The second kappa shape index (κ2) is 6.75. The van der Waals surface area contributed by atoms with E-state index in [1.54, 1.807) is 0 Å². The minimum absolute atomic E-state index is 0.0225. The van der Waals surface area contributed by atoms with E-state index in [-0.39, 0.29) is 5.91 Å². The summed E-state index contributed by atoms with van der Waals surface area (Å²) in [6.07, 6.45) is 5.00. The minimum atomic E-state index is 0.0225. The van der Waals surface area contributed by atoms with Gasteiger partial charge in [0, 0.05) is 6.04 Å². The maximum absolute atomic E-state index is 12.2. The smallest absolute Gasteiger partial charge is 0.238 e. The molecular weight excluding hydrogens is 250 g/mol. The number of nitrogens with two attached hydrogens (primary N) is 1. The molecule has 1 amide bonds. The van der Waals surface area contributed by atoms with Crippen molar-refractivity contribution in [3.8, 4) is 0 Å². The van der Waals surface area contributed by atoms with Crippen molar-refractivity contribution in [1.29, 1.82) is 0 Å². The molecule has 1 aromatic rings. The number of amides is 1. The van der Waals surface area contributed by atoms with Crippen LogP contribution in [0.4, 0.5) is 11.4 Å². The van der Waals surface area contributed by atoms with Crippen LogP contribution < -0.4 is 11.1 Å². The molecule has 0 spiro atoms. The largest absolute Gasteiger partial charge is 0.397 e. The van der Waals surface area contributed by atoms with E-state index in [9.17, 15) is 4.79 Å². The highest BCUT2D eigenvalue weighted by Crippen LogP contribution is 2.23. The summed E-state index contributed by atoms with van der Waals surface area (Å²) < 4.78 is 0. The van der Waals surface area contributed by atoms with Gasteiger partial charge in [0.15, 0.2) is 0 Å². The van der Waals surface area contributed by atoms with Crippen LogP contribution in [-0.4, -0.2) is 29.9 Å². The molecule has 1 aliphatic carbocycles. The molecule has 20 heavy (non-hydrogen) atoms. The number of nitrogens with zero attached hydrogens (tertiary/aromatic N) is 1. The molecule has 3 N–H and O–H groups in total. The van der Waals surface area contributed by atoms with Gasteiger partial charge in [0.2, 0.25) is 5.91 Å². The van der Waals surface area contributed by atoms with E-state index in [0.29, 0.717) is 24.0 Å². The number of carbonyl (C=O) groups excluding carboxylic acids is 1. The average molecular weight is 275 g/mol. The van der Waals surface area contributed by atoms with E-state index in [1.807, 2.05) is 25.1 Å². The Morgan fingerprint density at radius 3 is 2.70 bits per heavy atom. The molecule has 0 atom stereocenters. The van der Waals surface area contributed by atoms with Gasteiger partial charge >= 0.3 is 0 Å². The number of nitrogen functional groups attached to an aromatic ring is 1. The lowest BCUT2D eigenvalue weighted by molar-refractivity contribution is -0.117. The third kappa shape index (κ3) is 3.73. The van der Waals surface area contributed by atoms with E-state index in [0.717, 1.165) is 12.1 Å². The molecule has 0 bridgehead atoms. The summed E-state index contributed by atoms with van der Waals surface area (Å²) in [4.78, 5) is 14.4. The van der Waals surface area contributed by atoms with Gasteiger partial charge in [-0.1, -0.05) is 25.8 Å². The fourth-order valence-corrected chi connectivity index (χ4v) is 2.94. The van der Waals surface area contributed by atoms with Crippen LogP contribution in [0.3, 0.4) is 0 Å². The fraction of sp³-hybridized carbons (Fsp3) is 0.562. The lowest BCUT2D eigenvalue weighted by Gasteiger charge is -2.26. The summed E-state index contributed by atoms with van der Waals surface area (Å²) in [5.41, 5.74) is 8.36. The third-order valence-electron chi connectivity index (χ3n) is 4.08. The maximum Gasteiger partial charge on any atom is 0.238 e. The lowest BCUT2D eigenvalue weighted by Crippen LogP contribution is -2.39. The van der Waals surface area contributed by atoms with Crippen molar-refractivity contribution in [2.24, 2.45) is 0 Å². The van der Waals surface area contributed by atoms with Crippen LogP contribution >= 0.6 is 0 Å². The molecule has 2 rings (SSSR count). The molecule has 1 aliphatic rings. The minimum Gasteiger partial charge on any atom is -0.397 e. The van der Waals surface area contributed by atoms with Gasteiger partial charge in [-0.2, -0.15) is 0 Å². The van der Waals surface area contributed by atoms with Gasteiger partial charge in [-0.3, -0.25) is 9.69 Å². The monoisotopic (exact) mass is 275 g/mol. The van der Waals surface area contributed by atoms with Gasteiger partial charge in [-0.05, 0) is 44.0 Å². The highest BCUT2D eigenvalue weighted by atomic mass is 16.2. The highest BCUT2D eigenvalue weighted by Gasteiger charge is 2.23. The molecule has 0 heterocycles. The summed E-state index contributed by atoms with van der Waals surface area (Å²) >= 11 is 0. The Hall–Kier alpha value is -1.55. The second-order valence-corrected chi connectivity index (χ2v) is 5.64. The predicted molar refractivity (Wildman–Crippen MR) is 83.7 cm³/mol. The number of nitrogens with one attached hydrogen (secondary N) is 1. The Labute approximate surface area is 121 Å². The molecular formula is C16H25N3O. The Kier molecular flexibility index (Phi) is 5.01. The number of aryl methyl sites for hydroxylation is 1. The molecule has 110 valence electrons. The van der Waals surface area contributed by atoms with Crippen molar-refractivity contribution in [3.63, 3.8) is 0 Å². The number of likely N-dealkylation sites (N-methyl/N-ethyl adjacent to an activating group) is 1. The standard InChI is InChI=1S/C16H25N3O/c1-3-19(13-6-4-5-7-13)11-16(20)18-15-9-8-12(2)10-14(15)17/h8-10,13H,3-7,11,17H2,1-2H3,(H,18,20).